The molecular formula is C20H29N3O6S. The lowest BCUT2D eigenvalue weighted by Gasteiger charge is -2.17. The van der Waals surface area contributed by atoms with E-state index in [0.29, 0.717) is 24.9 Å². The van der Waals surface area contributed by atoms with Gasteiger partial charge in [0.25, 0.3) is 5.91 Å². The number of carbonyl (C=O) groups excluding carboxylic acids is 2. The second kappa shape index (κ2) is 11.1. The minimum atomic E-state index is -3.85. The van der Waals surface area contributed by atoms with Gasteiger partial charge in [0.2, 0.25) is 5.91 Å². The van der Waals surface area contributed by atoms with Gasteiger partial charge in [0.1, 0.15) is 0 Å². The van der Waals surface area contributed by atoms with Crippen LogP contribution in [-0.2, 0) is 32.4 Å². The van der Waals surface area contributed by atoms with Crippen molar-refractivity contribution in [2.45, 2.75) is 44.4 Å². The van der Waals surface area contributed by atoms with E-state index in [1.807, 2.05) is 19.1 Å². The molecule has 0 saturated heterocycles. The van der Waals surface area contributed by atoms with Crippen molar-refractivity contribution in [1.29, 1.82) is 0 Å². The van der Waals surface area contributed by atoms with E-state index in [1.165, 1.54) is 5.56 Å². The highest BCUT2D eigenvalue weighted by Gasteiger charge is 2.32. The molecule has 0 aliphatic carbocycles. The molecule has 2 rings (SSSR count). The van der Waals surface area contributed by atoms with Gasteiger partial charge in [-0.2, -0.15) is 0 Å². The van der Waals surface area contributed by atoms with Gasteiger partial charge >= 0.3 is 5.97 Å². The summed E-state index contributed by atoms with van der Waals surface area (Å²) in [5.74, 6) is -2.55. The number of carbonyl (C=O) groups is 3. The first-order valence-electron chi connectivity index (χ1n) is 10.1. The monoisotopic (exact) mass is 439 g/mol. The van der Waals surface area contributed by atoms with Gasteiger partial charge in [-0.15, -0.1) is 0 Å². The molecule has 0 aromatic heterocycles. The van der Waals surface area contributed by atoms with E-state index in [-0.39, 0.29) is 24.6 Å². The van der Waals surface area contributed by atoms with E-state index in [9.17, 15) is 27.9 Å². The minimum absolute atomic E-state index is 0.0559. The molecule has 0 bridgehead atoms. The fourth-order valence-electron chi connectivity index (χ4n) is 3.16. The van der Waals surface area contributed by atoms with Crippen LogP contribution in [0.2, 0.25) is 0 Å². The van der Waals surface area contributed by atoms with Gasteiger partial charge in [0, 0.05) is 31.6 Å². The number of amides is 2. The molecule has 0 unspecified atom stereocenters. The van der Waals surface area contributed by atoms with E-state index < -0.39 is 33.5 Å². The van der Waals surface area contributed by atoms with Gasteiger partial charge in [0.05, 0.1) is 5.75 Å². The van der Waals surface area contributed by atoms with Crippen LogP contribution in [0.15, 0.2) is 18.2 Å². The van der Waals surface area contributed by atoms with Crippen LogP contribution in [-0.4, -0.2) is 61.9 Å². The predicted octanol–water partition coefficient (Wildman–Crippen LogP) is 0.237. The molecule has 1 aliphatic rings. The average Bonchev–Trinajstić information content (AvgIpc) is 2.71. The van der Waals surface area contributed by atoms with Gasteiger partial charge < -0.3 is 21.1 Å². The van der Waals surface area contributed by atoms with Gasteiger partial charge in [-0.1, -0.05) is 19.4 Å². The van der Waals surface area contributed by atoms with Gasteiger partial charge in [-0.25, -0.2) is 8.42 Å². The van der Waals surface area contributed by atoms with Crippen molar-refractivity contribution >= 4 is 27.6 Å². The zero-order valence-electron chi connectivity index (χ0n) is 17.1. The molecule has 1 aromatic rings. The van der Waals surface area contributed by atoms with Crippen molar-refractivity contribution in [2.24, 2.45) is 0 Å². The number of fused-ring (bicyclic) bond motifs is 1. The van der Waals surface area contributed by atoms with Gasteiger partial charge in [0.15, 0.2) is 15.1 Å². The highest BCUT2D eigenvalue weighted by atomic mass is 32.2. The summed E-state index contributed by atoms with van der Waals surface area (Å²) in [6.45, 7) is 3.00. The summed E-state index contributed by atoms with van der Waals surface area (Å²) in [5.41, 5.74) is 2.80. The lowest BCUT2D eigenvalue weighted by Crippen LogP contribution is -2.43. The molecule has 1 heterocycles. The van der Waals surface area contributed by atoms with Crippen molar-refractivity contribution in [3.8, 4) is 0 Å². The molecule has 0 radical (unpaired) electrons. The molecule has 10 heteroatoms. The van der Waals surface area contributed by atoms with Crippen LogP contribution in [0.5, 0.6) is 0 Å². The third kappa shape index (κ3) is 6.81. The van der Waals surface area contributed by atoms with E-state index in [0.717, 1.165) is 18.5 Å². The van der Waals surface area contributed by atoms with Crippen LogP contribution in [0.4, 0.5) is 0 Å². The van der Waals surface area contributed by atoms with E-state index in [4.69, 9.17) is 0 Å². The fraction of sp³-hybridized carbons (Fsp3) is 0.550. The summed E-state index contributed by atoms with van der Waals surface area (Å²) >= 11 is 0. The first-order chi connectivity index (χ1) is 14.2. The van der Waals surface area contributed by atoms with Crippen LogP contribution in [0.3, 0.4) is 0 Å². The largest absolute Gasteiger partial charge is 0.480 e. The number of unbranched alkanes of at least 4 members (excludes halogenated alkanes) is 1. The van der Waals surface area contributed by atoms with E-state index in [2.05, 4.69) is 16.0 Å². The SMILES string of the molecule is CCCCS(=O)(=O)[C@@H](CNC(=O)CCNC(=O)c1ccc2c(c1)CNCC2)C(=O)O. The van der Waals surface area contributed by atoms with Crippen molar-refractivity contribution in [3.63, 3.8) is 0 Å². The standard InChI is InChI=1S/C20H29N3O6S/c1-2-3-10-30(28,29)17(20(26)27)13-23-18(24)7-9-22-19(25)15-5-4-14-6-8-21-12-16(14)11-15/h4-5,11,17,21H,2-3,6-10,12-13H2,1H3,(H,22,25)(H,23,24)(H,26,27)/t17-/m0/s1. The second-order valence-corrected chi connectivity index (χ2v) is 9.57. The number of benzene rings is 1. The lowest BCUT2D eigenvalue weighted by atomic mass is 9.98. The quantitative estimate of drug-likeness (QED) is 0.387. The highest BCUT2D eigenvalue weighted by Crippen LogP contribution is 2.15. The fourth-order valence-corrected chi connectivity index (χ4v) is 4.78. The zero-order chi connectivity index (χ0) is 22.1. The second-order valence-electron chi connectivity index (χ2n) is 7.27. The molecule has 2 amide bonds. The third-order valence-corrected chi connectivity index (χ3v) is 7.06. The topological polar surface area (TPSA) is 142 Å². The molecule has 0 saturated carbocycles. The lowest BCUT2D eigenvalue weighted by molar-refractivity contribution is -0.136. The number of hydrogen-bond acceptors (Lipinski definition) is 6. The summed E-state index contributed by atoms with van der Waals surface area (Å²) in [7, 11) is -3.85. The van der Waals surface area contributed by atoms with Gasteiger partial charge in [-0.3, -0.25) is 14.4 Å². The minimum Gasteiger partial charge on any atom is -0.480 e. The Hall–Kier alpha value is -2.46. The van der Waals surface area contributed by atoms with Crippen molar-refractivity contribution < 1.29 is 27.9 Å². The molecule has 1 aliphatic heterocycles. The van der Waals surface area contributed by atoms with Crippen LogP contribution in [0.1, 0.15) is 47.7 Å². The summed E-state index contributed by atoms with van der Waals surface area (Å²) in [4.78, 5) is 35.5. The molecule has 1 atom stereocenters. The average molecular weight is 440 g/mol. The Morgan fingerprint density at radius 3 is 2.67 bits per heavy atom. The van der Waals surface area contributed by atoms with Crippen molar-refractivity contribution in [3.05, 3.63) is 34.9 Å². The number of carboxylic acids is 1. The zero-order valence-corrected chi connectivity index (χ0v) is 17.9. The number of sulfone groups is 1. The Balaban J connectivity index is 1.80. The summed E-state index contributed by atoms with van der Waals surface area (Å²) in [6, 6.07) is 5.51. The molecule has 1 aromatic carbocycles. The summed E-state index contributed by atoms with van der Waals surface area (Å²) < 4.78 is 24.2. The normalized spacial score (nSPS) is 14.4. The van der Waals surface area contributed by atoms with E-state index >= 15 is 0 Å². The molecule has 0 spiro atoms. The number of hydrogen-bond donors (Lipinski definition) is 4. The molecule has 4 N–H and O–H groups in total. The number of nitrogens with one attached hydrogen (secondary N) is 3. The Morgan fingerprint density at radius 1 is 1.20 bits per heavy atom. The maximum Gasteiger partial charge on any atom is 0.323 e. The summed E-state index contributed by atoms with van der Waals surface area (Å²) in [5, 5.41) is 15.8. The first-order valence-corrected chi connectivity index (χ1v) is 11.8. The Morgan fingerprint density at radius 2 is 1.97 bits per heavy atom. The molecular weight excluding hydrogens is 410 g/mol. The maximum absolute atomic E-state index is 12.3. The van der Waals surface area contributed by atoms with Crippen LogP contribution < -0.4 is 16.0 Å². The predicted molar refractivity (Wildman–Crippen MR) is 112 cm³/mol. The maximum atomic E-state index is 12.3. The Labute approximate surface area is 176 Å². The molecule has 9 nitrogen and oxygen atoms in total. The molecule has 0 fully saturated rings. The number of carboxylic acid groups (broad SMARTS) is 1. The molecule has 30 heavy (non-hydrogen) atoms. The van der Waals surface area contributed by atoms with E-state index in [1.54, 1.807) is 6.07 Å². The van der Waals surface area contributed by atoms with Crippen LogP contribution in [0.25, 0.3) is 0 Å². The van der Waals surface area contributed by atoms with Crippen molar-refractivity contribution in [1.82, 2.24) is 16.0 Å². The first kappa shape index (κ1) is 23.8. The van der Waals surface area contributed by atoms with Crippen LogP contribution >= 0.6 is 0 Å². The highest BCUT2D eigenvalue weighted by molar-refractivity contribution is 7.92. The summed E-state index contributed by atoms with van der Waals surface area (Å²) in [6.07, 6.45) is 1.83. The number of aliphatic carboxylic acids is 1. The van der Waals surface area contributed by atoms with Crippen molar-refractivity contribution in [2.75, 3.05) is 25.4 Å². The van der Waals surface area contributed by atoms with Gasteiger partial charge in [-0.05, 0) is 42.6 Å². The Kier molecular flexibility index (Phi) is 8.79. The smallest absolute Gasteiger partial charge is 0.323 e. The van der Waals surface area contributed by atoms with Crippen LogP contribution in [0, 0.1) is 0 Å². The number of rotatable bonds is 11. The third-order valence-electron chi connectivity index (χ3n) is 4.97. The molecule has 166 valence electrons. The Bertz CT molecular complexity index is 885.